The molecule has 7 heteroatoms. The minimum Gasteiger partial charge on any atom is -0.354 e. The van der Waals surface area contributed by atoms with Crippen LogP contribution in [-0.4, -0.2) is 19.1 Å². The van der Waals surface area contributed by atoms with Crippen molar-refractivity contribution in [1.29, 1.82) is 0 Å². The Balaban J connectivity index is 0.000000126. The smallest absolute Gasteiger partial charge is 0.0715 e. The molecule has 0 amide bonds. The minimum atomic E-state index is 0.954. The predicted molar refractivity (Wildman–Crippen MR) is 493 cm³/mol. The van der Waals surface area contributed by atoms with E-state index in [9.17, 15) is 0 Å². The van der Waals surface area contributed by atoms with Gasteiger partial charge in [0.05, 0.1) is 56.6 Å². The van der Waals surface area contributed by atoms with Gasteiger partial charge in [0.1, 0.15) is 0 Å². The van der Waals surface area contributed by atoms with Crippen LogP contribution in [-0.2, 0) is 0 Å². The summed E-state index contributed by atoms with van der Waals surface area (Å²) in [4.78, 5) is 12.5. The average molecular weight is 1560 g/mol. The van der Waals surface area contributed by atoms with Gasteiger partial charge in [0.15, 0.2) is 0 Å². The number of nitrogens with one attached hydrogen (secondary N) is 1. The molecule has 22 rings (SSSR count). The zero-order chi connectivity index (χ0) is 78.0. The fourth-order valence-electron chi connectivity index (χ4n) is 16.9. The lowest BCUT2D eigenvalue weighted by Gasteiger charge is -2.28. The van der Waals surface area contributed by atoms with Gasteiger partial charge >= 0.3 is 0 Å². The Morgan fingerprint density at radius 3 is 0.949 bits per heavy atom. The third-order valence-corrected chi connectivity index (χ3v) is 22.7. The van der Waals surface area contributed by atoms with E-state index in [1.165, 1.54) is 100.0 Å². The Hall–Kier alpha value is -15.0. The van der Waals surface area contributed by atoms with Crippen molar-refractivity contribution in [3.63, 3.8) is 0 Å². The molecule has 0 spiro atoms. The summed E-state index contributed by atoms with van der Waals surface area (Å²) in [6.45, 7) is 0. The van der Waals surface area contributed by atoms with Crippen LogP contribution in [0.15, 0.2) is 453 Å². The number of aromatic nitrogens is 4. The maximum absolute atomic E-state index is 5.13. The molecule has 2 aliphatic rings. The van der Waals surface area contributed by atoms with Crippen molar-refractivity contribution in [3.8, 4) is 146 Å². The first-order valence-electron chi connectivity index (χ1n) is 39.6. The normalized spacial score (nSPS) is 11.5. The van der Waals surface area contributed by atoms with Gasteiger partial charge in [-0.1, -0.05) is 368 Å². The number of nitrogens with zero attached hydrogens (tertiary/aromatic N) is 5. The third kappa shape index (κ3) is 13.7. The molecule has 1 N–H and O–H groups in total. The number of fused-ring (bicyclic) bond motifs is 14. The fraction of sp³-hybridized carbons (Fsp3) is 0. The fourth-order valence-corrected chi connectivity index (χ4v) is 17.1. The molecule has 0 radical (unpaired) electrons. The predicted octanol–water partition coefficient (Wildman–Crippen LogP) is 30.3. The summed E-state index contributed by atoms with van der Waals surface area (Å²) in [7, 11) is 0. The van der Waals surface area contributed by atoms with E-state index in [2.05, 4.69) is 436 Å². The molecule has 20 aromatic rings. The SMILES string of the molecule is Brc1ccc(-c2cc(-c3ccccc3)nc(-c3ccccc3)c2)cc1.c1ccc(-c2cc(-c3ccc(N4c5ccccc5-c5c(n(-c6ccccc6)c6c(-c7ccccc7)cccc56)-c5ccccc54)cc3)cc(-c3ccccc3)n2)cc1.c1ccc(-c2cccc3c4c(n(-c5ccccc5)c23)-c2ccccc2Nc2ccccc2-4)cc1. The van der Waals surface area contributed by atoms with Gasteiger partial charge in [0.2, 0.25) is 0 Å². The van der Waals surface area contributed by atoms with Crippen LogP contribution in [0.2, 0.25) is 0 Å². The Morgan fingerprint density at radius 2 is 0.521 bits per heavy atom. The van der Waals surface area contributed by atoms with E-state index >= 15 is 0 Å². The van der Waals surface area contributed by atoms with E-state index in [1.807, 2.05) is 48.5 Å². The molecule has 0 unspecified atom stereocenters. The Morgan fingerprint density at radius 1 is 0.214 bits per heavy atom. The first-order valence-corrected chi connectivity index (χ1v) is 40.4. The largest absolute Gasteiger partial charge is 0.354 e. The summed E-state index contributed by atoms with van der Waals surface area (Å²) in [6.07, 6.45) is 0. The van der Waals surface area contributed by atoms with Crippen LogP contribution < -0.4 is 10.2 Å². The van der Waals surface area contributed by atoms with Crippen LogP contribution in [0.1, 0.15) is 0 Å². The molecular weight excluding hydrogens is 1490 g/mol. The van der Waals surface area contributed by atoms with Gasteiger partial charge in [0.25, 0.3) is 0 Å². The topological polar surface area (TPSA) is 50.9 Å². The van der Waals surface area contributed by atoms with Crippen molar-refractivity contribution in [2.24, 2.45) is 0 Å². The second kappa shape index (κ2) is 31.5. The molecule has 552 valence electrons. The van der Waals surface area contributed by atoms with Gasteiger partial charge in [-0.05, 0) is 130 Å². The Bertz CT molecular complexity index is 6860. The molecular formula is C110H75BrN6. The highest BCUT2D eigenvalue weighted by Gasteiger charge is 2.33. The number of anilines is 5. The number of hydrogen-bond donors (Lipinski definition) is 1. The summed E-state index contributed by atoms with van der Waals surface area (Å²) >= 11 is 3.51. The Kier molecular flexibility index (Phi) is 19.1. The summed E-state index contributed by atoms with van der Waals surface area (Å²) in [5.41, 5.74) is 37.8. The minimum absolute atomic E-state index is 0.954. The van der Waals surface area contributed by atoms with Crippen molar-refractivity contribution in [2.75, 3.05) is 10.2 Å². The first kappa shape index (κ1) is 71.0. The van der Waals surface area contributed by atoms with Crippen LogP contribution >= 0.6 is 15.9 Å². The van der Waals surface area contributed by atoms with Gasteiger partial charge in [-0.3, -0.25) is 0 Å². The van der Waals surface area contributed by atoms with Crippen LogP contribution in [0.25, 0.3) is 167 Å². The number of benzene rings is 16. The molecule has 0 aliphatic carbocycles. The Labute approximate surface area is 689 Å². The lowest BCUT2D eigenvalue weighted by atomic mass is 9.96. The highest BCUT2D eigenvalue weighted by molar-refractivity contribution is 9.10. The lowest BCUT2D eigenvalue weighted by Crippen LogP contribution is -2.11. The molecule has 6 heterocycles. The van der Waals surface area contributed by atoms with Gasteiger partial charge in [-0.15, -0.1) is 0 Å². The highest BCUT2D eigenvalue weighted by atomic mass is 79.9. The van der Waals surface area contributed by atoms with Crippen molar-refractivity contribution in [3.05, 3.63) is 453 Å². The summed E-state index contributed by atoms with van der Waals surface area (Å²) < 4.78 is 6.03. The van der Waals surface area contributed by atoms with Crippen LogP contribution in [0.5, 0.6) is 0 Å². The molecule has 16 aromatic carbocycles. The van der Waals surface area contributed by atoms with Crippen molar-refractivity contribution in [1.82, 2.24) is 19.1 Å². The molecule has 2 aliphatic heterocycles. The molecule has 0 saturated carbocycles. The summed E-state index contributed by atoms with van der Waals surface area (Å²) in [5, 5.41) is 6.19. The summed E-state index contributed by atoms with van der Waals surface area (Å²) in [5.74, 6) is 0. The second-order valence-electron chi connectivity index (χ2n) is 29.3. The molecule has 0 bridgehead atoms. The molecule has 0 atom stereocenters. The maximum atomic E-state index is 5.13. The monoisotopic (exact) mass is 1560 g/mol. The molecule has 0 fully saturated rings. The molecule has 4 aromatic heterocycles. The summed E-state index contributed by atoms with van der Waals surface area (Å²) in [6, 6.07) is 159. The number of rotatable bonds is 11. The van der Waals surface area contributed by atoms with Gasteiger partial charge in [0, 0.05) is 110 Å². The quantitative estimate of drug-likeness (QED) is 0.140. The number of pyridine rings is 2. The van der Waals surface area contributed by atoms with E-state index in [4.69, 9.17) is 9.97 Å². The van der Waals surface area contributed by atoms with E-state index in [-0.39, 0.29) is 0 Å². The zero-order valence-corrected chi connectivity index (χ0v) is 65.4. The molecule has 117 heavy (non-hydrogen) atoms. The zero-order valence-electron chi connectivity index (χ0n) is 63.8. The van der Waals surface area contributed by atoms with E-state index in [1.54, 1.807) is 0 Å². The third-order valence-electron chi connectivity index (χ3n) is 22.2. The van der Waals surface area contributed by atoms with Crippen molar-refractivity contribution in [2.45, 2.75) is 0 Å². The average Bonchev–Trinajstić information content (AvgIpc) is 1.54. The lowest BCUT2D eigenvalue weighted by molar-refractivity contribution is 1.13. The van der Waals surface area contributed by atoms with Crippen LogP contribution in [0.3, 0.4) is 0 Å². The van der Waals surface area contributed by atoms with Crippen LogP contribution in [0.4, 0.5) is 28.4 Å². The van der Waals surface area contributed by atoms with Crippen molar-refractivity contribution >= 4 is 66.2 Å². The van der Waals surface area contributed by atoms with E-state index < -0.39 is 0 Å². The molecule has 0 saturated heterocycles. The first-order chi connectivity index (χ1) is 58.0. The number of hydrogen-bond acceptors (Lipinski definition) is 4. The van der Waals surface area contributed by atoms with Gasteiger partial charge < -0.3 is 19.4 Å². The van der Waals surface area contributed by atoms with Crippen molar-refractivity contribution < 1.29 is 0 Å². The van der Waals surface area contributed by atoms with E-state index in [0.29, 0.717) is 0 Å². The highest BCUT2D eigenvalue weighted by Crippen LogP contribution is 2.57. The molecule has 6 nitrogen and oxygen atoms in total. The number of para-hydroxylation sites is 8. The van der Waals surface area contributed by atoms with E-state index in [0.717, 1.165) is 100 Å². The number of halogens is 1. The second-order valence-corrected chi connectivity index (χ2v) is 30.2. The standard InChI is InChI=1S/C55H37N3.C32H22N2.C23H16BrN/c1-5-18-39(19-6-1)45-28-17-29-48-53-46-26-13-15-30-51(46)57(52-31-16-14-27-47(52)55(53)58(54(45)48)43-24-11-4-12-25-43)44-34-32-38(33-35-44)42-36-49(40-20-7-2-8-21-40)56-50(37-42)41-22-9-3-10-23-41;1-3-12-22(13-4-1)24-18-11-19-27-30-25-16-7-9-20-28(25)33-29-21-10-8-17-26(29)32(30)34(31(24)27)23-14-5-2-6-15-23;24-21-13-11-17(12-14-21)20-15-22(18-7-3-1-4-8-18)25-23(16-20)19-9-5-2-6-10-19/h1-37H;1-21,33H;1-16H. The van der Waals surface area contributed by atoms with Gasteiger partial charge in [-0.25, -0.2) is 9.97 Å². The van der Waals surface area contributed by atoms with Gasteiger partial charge in [-0.2, -0.15) is 0 Å². The van der Waals surface area contributed by atoms with Crippen LogP contribution in [0, 0.1) is 0 Å². The maximum Gasteiger partial charge on any atom is 0.0715 e.